The molecule has 0 aromatic heterocycles. The third-order valence-electron chi connectivity index (χ3n) is 5.57. The van der Waals surface area contributed by atoms with Crippen molar-refractivity contribution >= 4 is 29.1 Å². The van der Waals surface area contributed by atoms with Crippen LogP contribution >= 0.6 is 0 Å². The second-order valence-corrected chi connectivity index (χ2v) is 8.15. The first-order valence-electron chi connectivity index (χ1n) is 11.6. The fraction of sp³-hybridized carbons (Fsp3) is 0.207. The van der Waals surface area contributed by atoms with Gasteiger partial charge in [-0.15, -0.1) is 0 Å². The van der Waals surface area contributed by atoms with Gasteiger partial charge in [0.25, 0.3) is 5.91 Å². The van der Waals surface area contributed by atoms with Gasteiger partial charge in [-0.3, -0.25) is 15.0 Å². The number of ether oxygens (including phenoxy) is 1. The van der Waals surface area contributed by atoms with Gasteiger partial charge in [0.2, 0.25) is 0 Å². The van der Waals surface area contributed by atoms with Crippen molar-refractivity contribution in [2.75, 3.05) is 30.4 Å². The Balaban J connectivity index is 1.84. The van der Waals surface area contributed by atoms with Gasteiger partial charge in [-0.2, -0.15) is 0 Å². The number of hydrogen-bond acceptors (Lipinski definition) is 5. The van der Waals surface area contributed by atoms with Crippen LogP contribution in [0.15, 0.2) is 66.7 Å². The lowest BCUT2D eigenvalue weighted by Gasteiger charge is -2.20. The van der Waals surface area contributed by atoms with Crippen molar-refractivity contribution in [2.45, 2.75) is 20.3 Å². The van der Waals surface area contributed by atoms with Crippen molar-refractivity contribution < 1.29 is 14.3 Å². The molecule has 0 atom stereocenters. The van der Waals surface area contributed by atoms with Crippen LogP contribution in [0.5, 0.6) is 0 Å². The molecule has 36 heavy (non-hydrogen) atoms. The van der Waals surface area contributed by atoms with Gasteiger partial charge < -0.3 is 20.7 Å². The van der Waals surface area contributed by atoms with Gasteiger partial charge in [0.15, 0.2) is 0 Å². The van der Waals surface area contributed by atoms with Crippen LogP contribution in [0.1, 0.15) is 39.5 Å². The third-order valence-corrected chi connectivity index (χ3v) is 5.57. The zero-order valence-corrected chi connectivity index (χ0v) is 20.7. The highest BCUT2D eigenvalue weighted by Gasteiger charge is 2.20. The molecule has 0 radical (unpaired) electrons. The van der Waals surface area contributed by atoms with Crippen LogP contribution in [-0.4, -0.2) is 37.9 Å². The summed E-state index contributed by atoms with van der Waals surface area (Å²) in [6.07, 6.45) is -0.0206. The third kappa shape index (κ3) is 6.73. The maximum atomic E-state index is 13.4. The normalized spacial score (nSPS) is 10.1. The van der Waals surface area contributed by atoms with E-state index in [9.17, 15) is 9.59 Å². The molecule has 0 aliphatic rings. The molecule has 7 heteroatoms. The quantitative estimate of drug-likeness (QED) is 0.194. The lowest BCUT2D eigenvalue weighted by molar-refractivity contribution is -0.142. The minimum Gasteiger partial charge on any atom is -0.466 e. The number of para-hydroxylation sites is 1. The fourth-order valence-corrected chi connectivity index (χ4v) is 3.60. The molecule has 184 valence electrons. The summed E-state index contributed by atoms with van der Waals surface area (Å²) in [5.74, 6) is 5.65. The Labute approximate surface area is 211 Å². The molecule has 0 aliphatic heterocycles. The topological polar surface area (TPSA) is 109 Å². The lowest BCUT2D eigenvalue weighted by Crippen LogP contribution is -2.28. The molecule has 0 aliphatic carbocycles. The van der Waals surface area contributed by atoms with Gasteiger partial charge in [-0.25, -0.2) is 0 Å². The zero-order valence-electron chi connectivity index (χ0n) is 20.7. The highest BCUT2D eigenvalue weighted by atomic mass is 16.5. The standard InChI is InChI=1S/C29H30N4O3/c1-4-36-27(34)19-23-18-22(9-8-16-32-24-14-12-21(13-15-24)28(30)31)20(2)17-26(23)29(35)33(3)25-10-6-5-7-11-25/h5-7,10-15,17-18,32H,4,16,19H2,1-3H3,(H3,30,31). The summed E-state index contributed by atoms with van der Waals surface area (Å²) in [4.78, 5) is 27.2. The number of nitrogens with one attached hydrogen (secondary N) is 2. The first-order valence-corrected chi connectivity index (χ1v) is 11.6. The maximum Gasteiger partial charge on any atom is 0.310 e. The minimum absolute atomic E-state index is 0.0206. The first-order chi connectivity index (χ1) is 17.3. The van der Waals surface area contributed by atoms with E-state index in [0.717, 1.165) is 22.5 Å². The Kier molecular flexibility index (Phi) is 8.84. The van der Waals surface area contributed by atoms with Crippen molar-refractivity contribution in [1.29, 1.82) is 5.41 Å². The van der Waals surface area contributed by atoms with Crippen LogP contribution in [0.25, 0.3) is 0 Å². The van der Waals surface area contributed by atoms with E-state index in [2.05, 4.69) is 17.2 Å². The molecule has 0 spiro atoms. The monoisotopic (exact) mass is 482 g/mol. The molecule has 0 saturated heterocycles. The molecular weight excluding hydrogens is 452 g/mol. The van der Waals surface area contributed by atoms with E-state index < -0.39 is 5.97 Å². The van der Waals surface area contributed by atoms with Gasteiger partial charge >= 0.3 is 5.97 Å². The number of nitrogens with zero attached hydrogens (tertiary/aromatic N) is 1. The highest BCUT2D eigenvalue weighted by molar-refractivity contribution is 6.07. The molecule has 0 saturated carbocycles. The van der Waals surface area contributed by atoms with Crippen LogP contribution in [-0.2, 0) is 16.0 Å². The van der Waals surface area contributed by atoms with E-state index in [1.165, 1.54) is 0 Å². The van der Waals surface area contributed by atoms with Crippen LogP contribution in [0.4, 0.5) is 11.4 Å². The Bertz CT molecular complexity index is 1310. The predicted octanol–water partition coefficient (Wildman–Crippen LogP) is 4.12. The number of hydrogen-bond donors (Lipinski definition) is 3. The Morgan fingerprint density at radius 2 is 1.78 bits per heavy atom. The number of esters is 1. The molecule has 0 unspecified atom stereocenters. The van der Waals surface area contributed by atoms with E-state index >= 15 is 0 Å². The van der Waals surface area contributed by atoms with Crippen molar-refractivity contribution in [3.05, 3.63) is 94.5 Å². The number of rotatable bonds is 8. The van der Waals surface area contributed by atoms with Crippen LogP contribution in [0.2, 0.25) is 0 Å². The summed E-state index contributed by atoms with van der Waals surface area (Å²) in [7, 11) is 1.71. The average molecular weight is 483 g/mol. The van der Waals surface area contributed by atoms with Crippen molar-refractivity contribution in [2.24, 2.45) is 5.73 Å². The van der Waals surface area contributed by atoms with E-state index in [4.69, 9.17) is 15.9 Å². The molecule has 0 heterocycles. The zero-order chi connectivity index (χ0) is 26.1. The van der Waals surface area contributed by atoms with Gasteiger partial charge in [0.05, 0.1) is 19.6 Å². The van der Waals surface area contributed by atoms with Gasteiger partial charge in [0, 0.05) is 35.1 Å². The number of carbonyl (C=O) groups is 2. The number of amides is 1. The molecule has 4 N–H and O–H groups in total. The summed E-state index contributed by atoms with van der Waals surface area (Å²) >= 11 is 0. The molecule has 7 nitrogen and oxygen atoms in total. The van der Waals surface area contributed by atoms with Crippen molar-refractivity contribution in [3.63, 3.8) is 0 Å². The molecular formula is C29H30N4O3. The average Bonchev–Trinajstić information content (AvgIpc) is 2.88. The largest absolute Gasteiger partial charge is 0.466 e. The van der Waals surface area contributed by atoms with Crippen LogP contribution in [0.3, 0.4) is 0 Å². The SMILES string of the molecule is CCOC(=O)Cc1cc(C#CCNc2ccc(C(=N)N)cc2)c(C)cc1C(=O)N(C)c1ccccc1. The number of amidine groups is 1. The summed E-state index contributed by atoms with van der Waals surface area (Å²) < 4.78 is 5.14. The Hall–Kier alpha value is -4.57. The van der Waals surface area contributed by atoms with Gasteiger partial charge in [0.1, 0.15) is 5.84 Å². The molecule has 0 fully saturated rings. The smallest absolute Gasteiger partial charge is 0.310 e. The second-order valence-electron chi connectivity index (χ2n) is 8.15. The molecule has 3 aromatic rings. The predicted molar refractivity (Wildman–Crippen MR) is 144 cm³/mol. The molecule has 1 amide bonds. The first kappa shape index (κ1) is 26.0. The van der Waals surface area contributed by atoms with Crippen molar-refractivity contribution in [1.82, 2.24) is 0 Å². The van der Waals surface area contributed by atoms with Crippen molar-refractivity contribution in [3.8, 4) is 11.8 Å². The van der Waals surface area contributed by atoms with E-state index in [1.807, 2.05) is 49.4 Å². The fourth-order valence-electron chi connectivity index (χ4n) is 3.60. The number of anilines is 2. The highest BCUT2D eigenvalue weighted by Crippen LogP contribution is 2.22. The van der Waals surface area contributed by atoms with Gasteiger partial charge in [-0.05, 0) is 73.5 Å². The Morgan fingerprint density at radius 1 is 1.08 bits per heavy atom. The number of carbonyl (C=O) groups excluding carboxylic acids is 2. The summed E-state index contributed by atoms with van der Waals surface area (Å²) in [6, 6.07) is 20.1. The number of benzene rings is 3. The lowest BCUT2D eigenvalue weighted by atomic mass is 9.96. The number of nitrogens with two attached hydrogens (primary N) is 1. The van der Waals surface area contributed by atoms with Gasteiger partial charge in [-0.1, -0.05) is 30.0 Å². The molecule has 3 aromatic carbocycles. The summed E-state index contributed by atoms with van der Waals surface area (Å²) in [5, 5.41) is 10.7. The van der Waals surface area contributed by atoms with E-state index in [0.29, 0.717) is 23.2 Å². The van der Waals surface area contributed by atoms with Crippen LogP contribution in [0, 0.1) is 24.2 Å². The summed E-state index contributed by atoms with van der Waals surface area (Å²) in [5.41, 5.74) is 10.4. The van der Waals surface area contributed by atoms with E-state index in [-0.39, 0.29) is 24.8 Å². The summed E-state index contributed by atoms with van der Waals surface area (Å²) in [6.45, 7) is 4.30. The maximum absolute atomic E-state index is 13.4. The Morgan fingerprint density at radius 3 is 2.42 bits per heavy atom. The number of nitrogen functional groups attached to an aromatic ring is 1. The van der Waals surface area contributed by atoms with E-state index in [1.54, 1.807) is 43.1 Å². The minimum atomic E-state index is -0.396. The van der Waals surface area contributed by atoms with Crippen LogP contribution < -0.4 is 16.0 Å². The number of aryl methyl sites for hydroxylation is 1. The molecule has 3 rings (SSSR count). The second kappa shape index (κ2) is 12.2. The molecule has 0 bridgehead atoms.